The number of hydrogen-bond donors (Lipinski definition) is 0. The number of halogens is 1. The van der Waals surface area contributed by atoms with Crippen molar-refractivity contribution in [2.45, 2.75) is 19.7 Å². The molecule has 4 nitrogen and oxygen atoms in total. The lowest BCUT2D eigenvalue weighted by Gasteiger charge is -1.94. The molecule has 0 saturated heterocycles. The predicted molar refractivity (Wildman–Crippen MR) is 56.1 cm³/mol. The molecule has 2 rings (SSSR count). The molecule has 0 spiro atoms. The van der Waals surface area contributed by atoms with Crippen molar-refractivity contribution in [3.05, 3.63) is 22.7 Å². The highest BCUT2D eigenvalue weighted by Gasteiger charge is 2.08. The van der Waals surface area contributed by atoms with Crippen molar-refractivity contribution in [3.8, 4) is 5.13 Å². The molecule has 0 bridgehead atoms. The summed E-state index contributed by atoms with van der Waals surface area (Å²) in [6.07, 6.45) is 1.77. The zero-order valence-corrected chi connectivity index (χ0v) is 9.43. The van der Waals surface area contributed by atoms with Crippen LogP contribution in [0.5, 0.6) is 0 Å². The van der Waals surface area contributed by atoms with Crippen LogP contribution in [-0.4, -0.2) is 19.7 Å². The summed E-state index contributed by atoms with van der Waals surface area (Å²) in [6, 6.07) is 0. The van der Waals surface area contributed by atoms with Gasteiger partial charge in [-0.3, -0.25) is 0 Å². The Morgan fingerprint density at radius 3 is 2.79 bits per heavy atom. The van der Waals surface area contributed by atoms with E-state index in [-0.39, 0.29) is 0 Å². The first-order valence-electron chi connectivity index (χ1n) is 4.12. The second-order valence-corrected chi connectivity index (χ2v) is 4.22. The maximum atomic E-state index is 5.70. The normalized spacial score (nSPS) is 10.8. The van der Waals surface area contributed by atoms with Gasteiger partial charge in [-0.1, -0.05) is 11.3 Å². The molecule has 14 heavy (non-hydrogen) atoms. The van der Waals surface area contributed by atoms with Crippen molar-refractivity contribution in [2.75, 3.05) is 0 Å². The molecule has 0 aromatic carbocycles. The molecule has 0 radical (unpaired) electrons. The fourth-order valence-electron chi connectivity index (χ4n) is 1.16. The van der Waals surface area contributed by atoms with Crippen molar-refractivity contribution < 1.29 is 0 Å². The second-order valence-electron chi connectivity index (χ2n) is 2.86. The summed E-state index contributed by atoms with van der Waals surface area (Å²) in [5, 5.41) is 5.06. The average molecular weight is 229 g/mol. The standard InChI is InChI=1S/C8H9ClN4S/c1-5-11-6(2)13(12-5)8-10-4-7(3-9)14-8/h4H,3H2,1-2H3. The SMILES string of the molecule is Cc1nc(C)n(-c2ncc(CCl)s2)n1. The fourth-order valence-corrected chi connectivity index (χ4v) is 2.15. The van der Waals surface area contributed by atoms with Crippen LogP contribution in [0.15, 0.2) is 6.20 Å². The van der Waals surface area contributed by atoms with Crippen LogP contribution in [0.4, 0.5) is 0 Å². The summed E-state index contributed by atoms with van der Waals surface area (Å²) in [5.74, 6) is 2.09. The summed E-state index contributed by atoms with van der Waals surface area (Å²) in [4.78, 5) is 9.47. The lowest BCUT2D eigenvalue weighted by molar-refractivity contribution is 0.822. The quantitative estimate of drug-likeness (QED) is 0.740. The summed E-state index contributed by atoms with van der Waals surface area (Å²) >= 11 is 7.23. The predicted octanol–water partition coefficient (Wildman–Crippen LogP) is 2.08. The lowest BCUT2D eigenvalue weighted by Crippen LogP contribution is -1.97. The van der Waals surface area contributed by atoms with Crippen LogP contribution in [0, 0.1) is 13.8 Å². The van der Waals surface area contributed by atoms with E-state index in [0.717, 1.165) is 21.7 Å². The van der Waals surface area contributed by atoms with Crippen molar-refractivity contribution in [2.24, 2.45) is 0 Å². The van der Waals surface area contributed by atoms with E-state index in [9.17, 15) is 0 Å². The van der Waals surface area contributed by atoms with Gasteiger partial charge in [0.25, 0.3) is 0 Å². The molecule has 2 heterocycles. The van der Waals surface area contributed by atoms with Gasteiger partial charge in [0.05, 0.1) is 5.88 Å². The summed E-state index contributed by atoms with van der Waals surface area (Å²) in [7, 11) is 0. The number of aromatic nitrogens is 4. The molecule has 0 fully saturated rings. The first-order chi connectivity index (χ1) is 6.70. The summed E-state index contributed by atoms with van der Waals surface area (Å²) in [6.45, 7) is 3.77. The van der Waals surface area contributed by atoms with E-state index in [4.69, 9.17) is 11.6 Å². The molecule has 0 amide bonds. The number of thiazole rings is 1. The third-order valence-electron chi connectivity index (χ3n) is 1.73. The highest BCUT2D eigenvalue weighted by atomic mass is 35.5. The smallest absolute Gasteiger partial charge is 0.212 e. The Morgan fingerprint density at radius 2 is 2.29 bits per heavy atom. The zero-order chi connectivity index (χ0) is 10.1. The monoisotopic (exact) mass is 228 g/mol. The lowest BCUT2D eigenvalue weighted by atomic mass is 10.6. The van der Waals surface area contributed by atoms with Crippen LogP contribution in [-0.2, 0) is 5.88 Å². The van der Waals surface area contributed by atoms with Crippen molar-refractivity contribution in [1.82, 2.24) is 19.7 Å². The van der Waals surface area contributed by atoms with E-state index in [1.54, 1.807) is 10.9 Å². The molecule has 0 N–H and O–H groups in total. The van der Waals surface area contributed by atoms with E-state index < -0.39 is 0 Å². The van der Waals surface area contributed by atoms with Gasteiger partial charge in [-0.25, -0.2) is 9.97 Å². The van der Waals surface area contributed by atoms with Gasteiger partial charge in [0, 0.05) is 11.1 Å². The van der Waals surface area contributed by atoms with Gasteiger partial charge in [-0.05, 0) is 13.8 Å². The molecule has 74 valence electrons. The minimum Gasteiger partial charge on any atom is -0.226 e. The Labute approximate surface area is 90.6 Å². The minimum absolute atomic E-state index is 0.490. The van der Waals surface area contributed by atoms with Crippen LogP contribution < -0.4 is 0 Å². The van der Waals surface area contributed by atoms with E-state index in [2.05, 4.69) is 15.1 Å². The maximum absolute atomic E-state index is 5.70. The Bertz CT molecular complexity index is 448. The van der Waals surface area contributed by atoms with E-state index in [1.807, 2.05) is 13.8 Å². The molecular formula is C8H9ClN4S. The molecule has 0 aliphatic heterocycles. The van der Waals surface area contributed by atoms with E-state index in [1.165, 1.54) is 11.3 Å². The molecule has 0 aliphatic carbocycles. The van der Waals surface area contributed by atoms with E-state index >= 15 is 0 Å². The van der Waals surface area contributed by atoms with Crippen LogP contribution in [0.1, 0.15) is 16.5 Å². The second kappa shape index (κ2) is 3.67. The molecular weight excluding hydrogens is 220 g/mol. The summed E-state index contributed by atoms with van der Waals surface area (Å²) in [5.41, 5.74) is 0. The third kappa shape index (κ3) is 1.65. The number of alkyl halides is 1. The topological polar surface area (TPSA) is 43.6 Å². The molecule has 0 unspecified atom stereocenters. The molecule has 2 aromatic rings. The highest BCUT2D eigenvalue weighted by Crippen LogP contribution is 2.19. The van der Waals surface area contributed by atoms with Gasteiger partial charge in [-0.15, -0.1) is 16.7 Å². The largest absolute Gasteiger partial charge is 0.226 e. The Kier molecular flexibility index (Phi) is 2.52. The van der Waals surface area contributed by atoms with E-state index in [0.29, 0.717) is 5.88 Å². The van der Waals surface area contributed by atoms with Gasteiger partial charge in [-0.2, -0.15) is 4.68 Å². The number of hydrogen-bond acceptors (Lipinski definition) is 4. The third-order valence-corrected chi connectivity index (χ3v) is 3.15. The maximum Gasteiger partial charge on any atom is 0.212 e. The molecule has 2 aromatic heterocycles. The van der Waals surface area contributed by atoms with Gasteiger partial charge >= 0.3 is 0 Å². The average Bonchev–Trinajstić information content (AvgIpc) is 2.71. The van der Waals surface area contributed by atoms with Crippen LogP contribution in [0.25, 0.3) is 5.13 Å². The first kappa shape index (κ1) is 9.61. The van der Waals surface area contributed by atoms with Crippen LogP contribution in [0.2, 0.25) is 0 Å². The zero-order valence-electron chi connectivity index (χ0n) is 7.86. The fraction of sp³-hybridized carbons (Fsp3) is 0.375. The van der Waals surface area contributed by atoms with Crippen molar-refractivity contribution in [3.63, 3.8) is 0 Å². The van der Waals surface area contributed by atoms with Gasteiger partial charge in [0.1, 0.15) is 11.6 Å². The summed E-state index contributed by atoms with van der Waals surface area (Å²) < 4.78 is 1.73. The molecule has 0 atom stereocenters. The number of aryl methyl sites for hydroxylation is 2. The van der Waals surface area contributed by atoms with Crippen LogP contribution >= 0.6 is 22.9 Å². The first-order valence-corrected chi connectivity index (χ1v) is 5.47. The van der Waals surface area contributed by atoms with Gasteiger partial charge in [0.15, 0.2) is 0 Å². The number of rotatable bonds is 2. The van der Waals surface area contributed by atoms with Crippen LogP contribution in [0.3, 0.4) is 0 Å². The Hall–Kier alpha value is -0.940. The Balaban J connectivity index is 2.43. The van der Waals surface area contributed by atoms with Crippen molar-refractivity contribution >= 4 is 22.9 Å². The minimum atomic E-state index is 0.490. The van der Waals surface area contributed by atoms with Gasteiger partial charge < -0.3 is 0 Å². The Morgan fingerprint density at radius 1 is 1.50 bits per heavy atom. The number of nitrogens with zero attached hydrogens (tertiary/aromatic N) is 4. The molecule has 0 aliphatic rings. The van der Waals surface area contributed by atoms with Crippen molar-refractivity contribution in [1.29, 1.82) is 0 Å². The molecule has 6 heteroatoms. The highest BCUT2D eigenvalue weighted by molar-refractivity contribution is 7.14. The molecule has 0 saturated carbocycles. The van der Waals surface area contributed by atoms with Gasteiger partial charge in [0.2, 0.25) is 5.13 Å².